The van der Waals surface area contributed by atoms with Crippen molar-refractivity contribution in [3.63, 3.8) is 0 Å². The minimum atomic E-state index is -0.239. The zero-order chi connectivity index (χ0) is 19.1. The van der Waals surface area contributed by atoms with Crippen molar-refractivity contribution in [1.29, 1.82) is 0 Å². The second-order valence-electron chi connectivity index (χ2n) is 5.97. The van der Waals surface area contributed by atoms with Crippen LogP contribution in [0.2, 0.25) is 0 Å². The minimum Gasteiger partial charge on any atom is -0.496 e. The van der Waals surface area contributed by atoms with Crippen molar-refractivity contribution in [2.24, 2.45) is 0 Å². The highest BCUT2D eigenvalue weighted by atomic mass is 16.5. The van der Waals surface area contributed by atoms with E-state index in [4.69, 9.17) is 14.2 Å². The van der Waals surface area contributed by atoms with Gasteiger partial charge in [0.2, 0.25) is 0 Å². The van der Waals surface area contributed by atoms with E-state index in [1.54, 1.807) is 27.4 Å². The van der Waals surface area contributed by atoms with Gasteiger partial charge in [0.25, 0.3) is 0 Å². The van der Waals surface area contributed by atoms with Crippen LogP contribution in [0.3, 0.4) is 0 Å². The normalized spacial score (nSPS) is 10.2. The Bertz CT molecular complexity index is 775. The summed E-state index contributed by atoms with van der Waals surface area (Å²) in [4.78, 5) is 12.1. The molecule has 2 aromatic rings. The number of aryl methyl sites for hydroxylation is 2. The summed E-state index contributed by atoms with van der Waals surface area (Å²) in [5.41, 5.74) is 3.92. The number of rotatable bonds is 7. The number of ether oxygens (including phenoxy) is 3. The number of methoxy groups -OCH3 is 3. The SMILES string of the molecule is COc1cc(OC)c(OC)cc1CCNC(=O)Nc1ccc(C)cc1C. The van der Waals surface area contributed by atoms with Crippen LogP contribution >= 0.6 is 0 Å². The van der Waals surface area contributed by atoms with Gasteiger partial charge in [0.1, 0.15) is 5.75 Å². The van der Waals surface area contributed by atoms with Crippen molar-refractivity contribution in [3.05, 3.63) is 47.0 Å². The first-order chi connectivity index (χ1) is 12.5. The van der Waals surface area contributed by atoms with Crippen LogP contribution < -0.4 is 24.8 Å². The van der Waals surface area contributed by atoms with Crippen molar-refractivity contribution in [2.45, 2.75) is 20.3 Å². The van der Waals surface area contributed by atoms with Crippen molar-refractivity contribution in [3.8, 4) is 17.2 Å². The van der Waals surface area contributed by atoms with E-state index < -0.39 is 0 Å². The number of anilines is 1. The average Bonchev–Trinajstić information content (AvgIpc) is 2.63. The molecule has 0 aliphatic rings. The number of amides is 2. The molecule has 0 aliphatic heterocycles. The maximum atomic E-state index is 12.1. The van der Waals surface area contributed by atoms with Crippen LogP contribution in [-0.4, -0.2) is 33.9 Å². The first kappa shape index (κ1) is 19.4. The fraction of sp³-hybridized carbons (Fsp3) is 0.350. The number of nitrogens with one attached hydrogen (secondary N) is 2. The number of carbonyl (C=O) groups excluding carboxylic acids is 1. The topological polar surface area (TPSA) is 68.8 Å². The third kappa shape index (κ3) is 4.81. The van der Waals surface area contributed by atoms with Crippen molar-refractivity contribution < 1.29 is 19.0 Å². The van der Waals surface area contributed by atoms with Crippen LogP contribution in [0.5, 0.6) is 17.2 Å². The van der Waals surface area contributed by atoms with Crippen molar-refractivity contribution in [1.82, 2.24) is 5.32 Å². The smallest absolute Gasteiger partial charge is 0.319 e. The van der Waals surface area contributed by atoms with Gasteiger partial charge < -0.3 is 24.8 Å². The predicted octanol–water partition coefficient (Wildman–Crippen LogP) is 3.69. The molecule has 0 aromatic heterocycles. The largest absolute Gasteiger partial charge is 0.496 e. The van der Waals surface area contributed by atoms with Crippen molar-refractivity contribution >= 4 is 11.7 Å². The molecule has 0 aliphatic carbocycles. The summed E-state index contributed by atoms with van der Waals surface area (Å²) in [5.74, 6) is 1.93. The van der Waals surface area contributed by atoms with E-state index in [1.165, 1.54) is 0 Å². The fourth-order valence-corrected chi connectivity index (χ4v) is 2.72. The Kier molecular flexibility index (Phi) is 6.72. The van der Waals surface area contributed by atoms with Gasteiger partial charge >= 0.3 is 6.03 Å². The lowest BCUT2D eigenvalue weighted by Gasteiger charge is -2.15. The van der Waals surface area contributed by atoms with Gasteiger partial charge in [-0.3, -0.25) is 0 Å². The second kappa shape index (κ2) is 8.99. The standard InChI is InChI=1S/C20H26N2O4/c1-13-6-7-16(14(2)10-13)22-20(23)21-9-8-15-11-18(25-4)19(26-5)12-17(15)24-3/h6-7,10-12H,8-9H2,1-5H3,(H2,21,22,23). The van der Waals surface area contributed by atoms with Gasteiger partial charge in [-0.2, -0.15) is 0 Å². The highest BCUT2D eigenvalue weighted by Crippen LogP contribution is 2.34. The van der Waals surface area contributed by atoms with Gasteiger partial charge in [0, 0.05) is 18.3 Å². The summed E-state index contributed by atoms with van der Waals surface area (Å²) in [5, 5.41) is 5.73. The van der Waals surface area contributed by atoms with Crippen LogP contribution in [0.4, 0.5) is 10.5 Å². The second-order valence-corrected chi connectivity index (χ2v) is 5.97. The molecule has 0 atom stereocenters. The van der Waals surface area contributed by atoms with E-state index in [2.05, 4.69) is 10.6 Å². The minimum absolute atomic E-state index is 0.239. The highest BCUT2D eigenvalue weighted by Gasteiger charge is 2.12. The lowest BCUT2D eigenvalue weighted by Crippen LogP contribution is -2.30. The third-order valence-corrected chi connectivity index (χ3v) is 4.10. The molecule has 0 spiro atoms. The zero-order valence-corrected chi connectivity index (χ0v) is 15.9. The average molecular weight is 358 g/mol. The Morgan fingerprint density at radius 1 is 0.923 bits per heavy atom. The van der Waals surface area contributed by atoms with E-state index in [-0.39, 0.29) is 6.03 Å². The number of benzene rings is 2. The van der Waals surface area contributed by atoms with E-state index >= 15 is 0 Å². The van der Waals surface area contributed by atoms with Gasteiger partial charge in [-0.25, -0.2) is 4.79 Å². The molecule has 2 amide bonds. The molecule has 0 saturated carbocycles. The molecule has 0 saturated heterocycles. The molecular formula is C20H26N2O4. The summed E-state index contributed by atoms with van der Waals surface area (Å²) in [6, 6.07) is 9.31. The third-order valence-electron chi connectivity index (χ3n) is 4.10. The first-order valence-corrected chi connectivity index (χ1v) is 8.39. The number of hydrogen-bond donors (Lipinski definition) is 2. The van der Waals surface area contributed by atoms with Gasteiger partial charge in [-0.1, -0.05) is 17.7 Å². The van der Waals surface area contributed by atoms with Gasteiger partial charge in [0.15, 0.2) is 11.5 Å². The number of hydrogen-bond acceptors (Lipinski definition) is 4. The molecule has 2 rings (SSSR count). The van der Waals surface area contributed by atoms with E-state index in [0.29, 0.717) is 30.2 Å². The summed E-state index contributed by atoms with van der Waals surface area (Å²) in [6.07, 6.45) is 0.601. The Hall–Kier alpha value is -2.89. The molecule has 0 fully saturated rings. The molecule has 140 valence electrons. The maximum Gasteiger partial charge on any atom is 0.319 e. The van der Waals surface area contributed by atoms with E-state index in [1.807, 2.05) is 38.1 Å². The Morgan fingerprint density at radius 2 is 1.58 bits per heavy atom. The zero-order valence-electron chi connectivity index (χ0n) is 15.9. The molecule has 0 bridgehead atoms. The molecule has 0 radical (unpaired) electrons. The Labute approximate surface area is 154 Å². The van der Waals surface area contributed by atoms with Crippen molar-refractivity contribution in [2.75, 3.05) is 33.2 Å². The van der Waals surface area contributed by atoms with Crippen LogP contribution in [-0.2, 0) is 6.42 Å². The quantitative estimate of drug-likeness (QED) is 0.792. The number of carbonyl (C=O) groups is 1. The molecule has 2 aromatic carbocycles. The monoisotopic (exact) mass is 358 g/mol. The van der Waals surface area contributed by atoms with Crippen LogP contribution in [0.15, 0.2) is 30.3 Å². The van der Waals surface area contributed by atoms with Gasteiger partial charge in [0.05, 0.1) is 21.3 Å². The Balaban J connectivity index is 1.97. The van der Waals surface area contributed by atoms with E-state index in [9.17, 15) is 4.79 Å². The van der Waals surface area contributed by atoms with Crippen LogP contribution in [0, 0.1) is 13.8 Å². The van der Waals surface area contributed by atoms with Gasteiger partial charge in [-0.05, 0) is 43.5 Å². The van der Waals surface area contributed by atoms with Crippen LogP contribution in [0.1, 0.15) is 16.7 Å². The maximum absolute atomic E-state index is 12.1. The summed E-state index contributed by atoms with van der Waals surface area (Å²) in [6.45, 7) is 4.45. The Morgan fingerprint density at radius 3 is 2.19 bits per heavy atom. The molecule has 2 N–H and O–H groups in total. The molecule has 0 heterocycles. The molecule has 0 unspecified atom stereocenters. The predicted molar refractivity (Wildman–Crippen MR) is 103 cm³/mol. The molecular weight excluding hydrogens is 332 g/mol. The highest BCUT2D eigenvalue weighted by molar-refractivity contribution is 5.90. The van der Waals surface area contributed by atoms with Crippen LogP contribution in [0.25, 0.3) is 0 Å². The fourth-order valence-electron chi connectivity index (χ4n) is 2.72. The number of urea groups is 1. The lowest BCUT2D eigenvalue weighted by atomic mass is 10.1. The lowest BCUT2D eigenvalue weighted by molar-refractivity contribution is 0.252. The van der Waals surface area contributed by atoms with E-state index in [0.717, 1.165) is 22.4 Å². The summed E-state index contributed by atoms with van der Waals surface area (Å²) < 4.78 is 16.0. The first-order valence-electron chi connectivity index (χ1n) is 8.39. The summed E-state index contributed by atoms with van der Waals surface area (Å²) in [7, 11) is 4.77. The molecule has 26 heavy (non-hydrogen) atoms. The summed E-state index contributed by atoms with van der Waals surface area (Å²) >= 11 is 0. The van der Waals surface area contributed by atoms with Gasteiger partial charge in [-0.15, -0.1) is 0 Å². The molecule has 6 heteroatoms. The molecule has 6 nitrogen and oxygen atoms in total.